The van der Waals surface area contributed by atoms with Crippen LogP contribution in [-0.2, 0) is 11.5 Å². The van der Waals surface area contributed by atoms with Gasteiger partial charge in [0.05, 0.1) is 11.5 Å². The van der Waals surface area contributed by atoms with Crippen molar-refractivity contribution in [3.63, 3.8) is 0 Å². The van der Waals surface area contributed by atoms with Gasteiger partial charge in [0, 0.05) is 0 Å². The first-order chi connectivity index (χ1) is 9.97. The largest absolute Gasteiger partial charge is 0.475 e. The molecule has 2 aromatic rings. The molecule has 0 radical (unpaired) electrons. The molecule has 2 rings (SSSR count). The molecule has 0 unspecified atom stereocenters. The van der Waals surface area contributed by atoms with Gasteiger partial charge in [0.25, 0.3) is 0 Å². The Labute approximate surface area is 130 Å². The van der Waals surface area contributed by atoms with Crippen LogP contribution in [0.15, 0.2) is 21.7 Å². The fourth-order valence-corrected chi connectivity index (χ4v) is 2.90. The SMILES string of the molecule is CC(C)SCc1nnc(SCc2ccc(C(=O)O)o2)n1N. The van der Waals surface area contributed by atoms with Crippen molar-refractivity contribution in [1.29, 1.82) is 0 Å². The number of thioether (sulfide) groups is 2. The average Bonchev–Trinajstić information content (AvgIpc) is 3.01. The third-order valence-electron chi connectivity index (χ3n) is 2.50. The van der Waals surface area contributed by atoms with E-state index in [1.807, 2.05) is 0 Å². The fraction of sp³-hybridized carbons (Fsp3) is 0.417. The Morgan fingerprint density at radius 2 is 2.19 bits per heavy atom. The predicted molar refractivity (Wildman–Crippen MR) is 81.8 cm³/mol. The number of nitrogens with two attached hydrogens (primary N) is 1. The van der Waals surface area contributed by atoms with Crippen molar-refractivity contribution < 1.29 is 14.3 Å². The number of aromatic carboxylic acids is 1. The number of carboxylic acid groups (broad SMARTS) is 1. The minimum atomic E-state index is -1.08. The summed E-state index contributed by atoms with van der Waals surface area (Å²) in [6.45, 7) is 4.21. The van der Waals surface area contributed by atoms with Gasteiger partial charge in [-0.15, -0.1) is 10.2 Å². The van der Waals surface area contributed by atoms with Crippen molar-refractivity contribution in [2.75, 3.05) is 5.84 Å². The molecule has 0 saturated heterocycles. The summed E-state index contributed by atoms with van der Waals surface area (Å²) >= 11 is 3.09. The summed E-state index contributed by atoms with van der Waals surface area (Å²) in [5, 5.41) is 17.9. The highest BCUT2D eigenvalue weighted by Gasteiger charge is 2.13. The zero-order valence-electron chi connectivity index (χ0n) is 11.6. The van der Waals surface area contributed by atoms with Gasteiger partial charge in [-0.25, -0.2) is 9.47 Å². The molecule has 21 heavy (non-hydrogen) atoms. The molecular weight excluding hydrogens is 312 g/mol. The van der Waals surface area contributed by atoms with Crippen molar-refractivity contribution in [1.82, 2.24) is 14.9 Å². The van der Waals surface area contributed by atoms with Gasteiger partial charge in [0.15, 0.2) is 5.82 Å². The Bertz CT molecular complexity index is 624. The maximum Gasteiger partial charge on any atom is 0.371 e. The molecule has 0 spiro atoms. The molecule has 0 aliphatic carbocycles. The number of furan rings is 1. The molecular formula is C12H16N4O3S2. The van der Waals surface area contributed by atoms with E-state index in [9.17, 15) is 4.79 Å². The topological polar surface area (TPSA) is 107 Å². The predicted octanol–water partition coefficient (Wildman–Crippen LogP) is 2.22. The molecule has 0 fully saturated rings. The first-order valence-electron chi connectivity index (χ1n) is 6.23. The number of carboxylic acids is 1. The highest BCUT2D eigenvalue weighted by molar-refractivity contribution is 7.99. The van der Waals surface area contributed by atoms with Crippen LogP contribution < -0.4 is 5.84 Å². The molecule has 2 heterocycles. The molecule has 0 amide bonds. The normalized spacial score (nSPS) is 11.2. The van der Waals surface area contributed by atoms with Crippen LogP contribution in [0.25, 0.3) is 0 Å². The number of rotatable bonds is 7. The Morgan fingerprint density at radius 1 is 1.43 bits per heavy atom. The lowest BCUT2D eigenvalue weighted by Crippen LogP contribution is -2.13. The molecule has 0 aliphatic heterocycles. The van der Waals surface area contributed by atoms with Crippen LogP contribution >= 0.6 is 23.5 Å². The van der Waals surface area contributed by atoms with Crippen LogP contribution in [0, 0.1) is 0 Å². The van der Waals surface area contributed by atoms with E-state index in [4.69, 9.17) is 15.4 Å². The van der Waals surface area contributed by atoms with E-state index in [1.54, 1.807) is 17.8 Å². The summed E-state index contributed by atoms with van der Waals surface area (Å²) < 4.78 is 6.63. The third kappa shape index (κ3) is 4.18. The summed E-state index contributed by atoms with van der Waals surface area (Å²) in [6.07, 6.45) is 0. The van der Waals surface area contributed by atoms with Crippen LogP contribution in [0.5, 0.6) is 0 Å². The first-order valence-corrected chi connectivity index (χ1v) is 8.26. The van der Waals surface area contributed by atoms with Crippen LogP contribution in [0.1, 0.15) is 36.0 Å². The lowest BCUT2D eigenvalue weighted by atomic mass is 10.4. The number of nitrogen functional groups attached to an aromatic ring is 1. The average molecular weight is 328 g/mol. The molecule has 0 saturated carbocycles. The highest BCUT2D eigenvalue weighted by Crippen LogP contribution is 2.23. The van der Waals surface area contributed by atoms with E-state index in [2.05, 4.69) is 24.0 Å². The van der Waals surface area contributed by atoms with E-state index in [0.29, 0.717) is 33.5 Å². The zero-order valence-corrected chi connectivity index (χ0v) is 13.3. The molecule has 7 nitrogen and oxygen atoms in total. The Kier molecular flexibility index (Phi) is 5.18. The lowest BCUT2D eigenvalue weighted by molar-refractivity contribution is 0.0661. The van der Waals surface area contributed by atoms with Crippen molar-refractivity contribution in [3.05, 3.63) is 29.5 Å². The Hall–Kier alpha value is -1.61. The van der Waals surface area contributed by atoms with Gasteiger partial charge in [-0.05, 0) is 17.4 Å². The maximum atomic E-state index is 10.7. The third-order valence-corrected chi connectivity index (χ3v) is 4.55. The van der Waals surface area contributed by atoms with Gasteiger partial charge in [-0.3, -0.25) is 0 Å². The van der Waals surface area contributed by atoms with Gasteiger partial charge in [-0.1, -0.05) is 25.6 Å². The molecule has 9 heteroatoms. The molecule has 0 bridgehead atoms. The lowest BCUT2D eigenvalue weighted by Gasteiger charge is -2.04. The monoisotopic (exact) mass is 328 g/mol. The second-order valence-electron chi connectivity index (χ2n) is 4.49. The molecule has 0 aromatic carbocycles. The number of hydrogen-bond acceptors (Lipinski definition) is 7. The fourth-order valence-electron chi connectivity index (χ4n) is 1.45. The molecule has 3 N–H and O–H groups in total. The highest BCUT2D eigenvalue weighted by atomic mass is 32.2. The van der Waals surface area contributed by atoms with Gasteiger partial charge < -0.3 is 15.4 Å². The summed E-state index contributed by atoms with van der Waals surface area (Å²) in [7, 11) is 0. The summed E-state index contributed by atoms with van der Waals surface area (Å²) in [5.41, 5.74) is 0. The second kappa shape index (κ2) is 6.90. The summed E-state index contributed by atoms with van der Waals surface area (Å²) in [6, 6.07) is 3.05. The van der Waals surface area contributed by atoms with E-state index in [-0.39, 0.29) is 5.76 Å². The van der Waals surface area contributed by atoms with E-state index in [0.717, 1.165) is 0 Å². The minimum Gasteiger partial charge on any atom is -0.475 e. The van der Waals surface area contributed by atoms with Crippen LogP contribution in [0.3, 0.4) is 0 Å². The van der Waals surface area contributed by atoms with E-state index >= 15 is 0 Å². The minimum absolute atomic E-state index is 0.0752. The quantitative estimate of drug-likeness (QED) is 0.588. The second-order valence-corrected chi connectivity index (χ2v) is 7.00. The zero-order chi connectivity index (χ0) is 15.4. The van der Waals surface area contributed by atoms with Gasteiger partial charge >= 0.3 is 5.97 Å². The maximum absolute atomic E-state index is 10.7. The molecule has 0 aliphatic rings. The van der Waals surface area contributed by atoms with Crippen molar-refractivity contribution in [2.24, 2.45) is 0 Å². The Balaban J connectivity index is 1.95. The van der Waals surface area contributed by atoms with Crippen molar-refractivity contribution in [3.8, 4) is 0 Å². The molecule has 114 valence electrons. The first kappa shape index (κ1) is 15.8. The molecule has 2 aromatic heterocycles. The smallest absolute Gasteiger partial charge is 0.371 e. The summed E-state index contributed by atoms with van der Waals surface area (Å²) in [5.74, 6) is 7.19. The molecule has 0 atom stereocenters. The van der Waals surface area contributed by atoms with Crippen molar-refractivity contribution >= 4 is 29.5 Å². The van der Waals surface area contributed by atoms with Crippen LogP contribution in [0.2, 0.25) is 0 Å². The van der Waals surface area contributed by atoms with Crippen LogP contribution in [-0.4, -0.2) is 31.2 Å². The summed E-state index contributed by atoms with van der Waals surface area (Å²) in [4.78, 5) is 10.7. The number of carbonyl (C=O) groups is 1. The Morgan fingerprint density at radius 3 is 2.81 bits per heavy atom. The van der Waals surface area contributed by atoms with Gasteiger partial charge in [0.1, 0.15) is 5.76 Å². The number of aromatic nitrogens is 3. The standard InChI is InChI=1S/C12H16N4O3S2/c1-7(2)20-6-10-14-15-12(16(10)13)21-5-8-3-4-9(19-8)11(17)18/h3-4,7H,5-6,13H2,1-2H3,(H,17,18). The van der Waals surface area contributed by atoms with E-state index < -0.39 is 5.97 Å². The van der Waals surface area contributed by atoms with Gasteiger partial charge in [0.2, 0.25) is 10.9 Å². The van der Waals surface area contributed by atoms with E-state index in [1.165, 1.54) is 22.5 Å². The van der Waals surface area contributed by atoms with Crippen LogP contribution in [0.4, 0.5) is 0 Å². The van der Waals surface area contributed by atoms with Crippen molar-refractivity contribution in [2.45, 2.75) is 35.8 Å². The number of hydrogen-bond donors (Lipinski definition) is 2. The van der Waals surface area contributed by atoms with Gasteiger partial charge in [-0.2, -0.15) is 11.8 Å². The number of nitrogens with zero attached hydrogens (tertiary/aromatic N) is 3.